The van der Waals surface area contributed by atoms with Crippen LogP contribution in [0.15, 0.2) is 66.7 Å². The van der Waals surface area contributed by atoms with Crippen LogP contribution in [-0.4, -0.2) is 41.3 Å². The van der Waals surface area contributed by atoms with E-state index in [1.54, 1.807) is 0 Å². The van der Waals surface area contributed by atoms with Gasteiger partial charge in [-0.1, -0.05) is 48.5 Å². The molecule has 0 aliphatic carbocycles. The van der Waals surface area contributed by atoms with Gasteiger partial charge in [0.25, 0.3) is 5.91 Å². The van der Waals surface area contributed by atoms with Gasteiger partial charge in [0.05, 0.1) is 10.5 Å². The van der Waals surface area contributed by atoms with Crippen molar-refractivity contribution in [3.63, 3.8) is 0 Å². The van der Waals surface area contributed by atoms with Crippen LogP contribution in [0.3, 0.4) is 0 Å². The summed E-state index contributed by atoms with van der Waals surface area (Å²) in [4.78, 5) is 28.2. The van der Waals surface area contributed by atoms with Crippen molar-refractivity contribution in [2.45, 2.75) is 17.4 Å². The molecular formula is C26H26N2O2S2. The Morgan fingerprint density at radius 1 is 0.938 bits per heavy atom. The molecule has 6 heteroatoms. The summed E-state index contributed by atoms with van der Waals surface area (Å²) < 4.78 is 0.454. The minimum Gasteiger partial charge on any atom is -0.338 e. The highest BCUT2D eigenvalue weighted by Crippen LogP contribution is 2.45. The first-order valence-corrected chi connectivity index (χ1v) is 13.2. The van der Waals surface area contributed by atoms with Crippen LogP contribution >= 0.6 is 23.5 Å². The Kier molecular flexibility index (Phi) is 6.42. The lowest BCUT2D eigenvalue weighted by Crippen LogP contribution is -2.43. The van der Waals surface area contributed by atoms with Gasteiger partial charge >= 0.3 is 0 Å². The summed E-state index contributed by atoms with van der Waals surface area (Å²) in [5, 5.41) is 5.13. The number of hydrogen-bond donors (Lipinski definition) is 1. The monoisotopic (exact) mass is 462 g/mol. The Morgan fingerprint density at radius 3 is 2.59 bits per heavy atom. The lowest BCUT2D eigenvalue weighted by molar-refractivity contribution is -0.121. The zero-order valence-electron chi connectivity index (χ0n) is 17.8. The molecule has 2 aliphatic heterocycles. The lowest BCUT2D eigenvalue weighted by atomic mass is 9.95. The smallest absolute Gasteiger partial charge is 0.254 e. The number of benzene rings is 3. The molecule has 164 valence electrons. The van der Waals surface area contributed by atoms with Crippen molar-refractivity contribution < 1.29 is 9.59 Å². The van der Waals surface area contributed by atoms with Crippen LogP contribution < -0.4 is 5.32 Å². The third-order valence-corrected chi connectivity index (χ3v) is 9.25. The van der Waals surface area contributed by atoms with Crippen LogP contribution in [0.5, 0.6) is 0 Å². The Balaban J connectivity index is 1.28. The second-order valence-electron chi connectivity index (χ2n) is 8.31. The standard InChI is InChI=1S/C26H26N2O2S2/c29-24(27-21-10-3-8-19(16-21)26-31-14-15-32-26)20-9-5-13-28(17-20)25(30)23-12-4-7-18-6-1-2-11-22(18)23/h1-4,6-8,10-12,16,20,26H,5,9,13-15,17H2,(H,27,29). The molecule has 2 saturated heterocycles. The Labute approximate surface area is 197 Å². The Hall–Kier alpha value is -2.44. The van der Waals surface area contributed by atoms with Gasteiger partial charge in [0, 0.05) is 35.8 Å². The second-order valence-corrected chi connectivity index (χ2v) is 11.0. The van der Waals surface area contributed by atoms with Crippen LogP contribution in [0.2, 0.25) is 0 Å². The maximum atomic E-state index is 13.3. The van der Waals surface area contributed by atoms with Gasteiger partial charge in [-0.2, -0.15) is 0 Å². The lowest BCUT2D eigenvalue weighted by Gasteiger charge is -2.32. The normalized spacial score (nSPS) is 19.2. The van der Waals surface area contributed by atoms with Crippen molar-refractivity contribution in [2.24, 2.45) is 5.92 Å². The minimum absolute atomic E-state index is 0.00398. The number of piperidine rings is 1. The number of fused-ring (bicyclic) bond motifs is 1. The van der Waals surface area contributed by atoms with Crippen LogP contribution in [0, 0.1) is 5.92 Å². The van der Waals surface area contributed by atoms with E-state index >= 15 is 0 Å². The van der Waals surface area contributed by atoms with Gasteiger partial charge in [0.2, 0.25) is 5.91 Å². The molecule has 2 aliphatic rings. The molecule has 2 heterocycles. The van der Waals surface area contributed by atoms with Gasteiger partial charge in [-0.3, -0.25) is 9.59 Å². The van der Waals surface area contributed by atoms with Gasteiger partial charge in [-0.05, 0) is 47.4 Å². The first kappa shape index (κ1) is 21.4. The highest BCUT2D eigenvalue weighted by atomic mass is 32.2. The molecule has 0 aromatic heterocycles. The average molecular weight is 463 g/mol. The summed E-state index contributed by atoms with van der Waals surface area (Å²) in [6.07, 6.45) is 1.64. The molecule has 2 fully saturated rings. The topological polar surface area (TPSA) is 49.4 Å². The zero-order valence-corrected chi connectivity index (χ0v) is 19.5. The van der Waals surface area contributed by atoms with Gasteiger partial charge in [0.15, 0.2) is 0 Å². The Bertz CT molecular complexity index is 1140. The molecule has 2 amide bonds. The molecule has 5 rings (SSSR count). The third-order valence-electron chi connectivity index (χ3n) is 6.15. The van der Waals surface area contributed by atoms with E-state index in [4.69, 9.17) is 0 Å². The summed E-state index contributed by atoms with van der Waals surface area (Å²) in [5.74, 6) is 2.17. The van der Waals surface area contributed by atoms with Gasteiger partial charge < -0.3 is 10.2 Å². The number of thioether (sulfide) groups is 2. The average Bonchev–Trinajstić information content (AvgIpc) is 3.39. The van der Waals surface area contributed by atoms with E-state index in [-0.39, 0.29) is 17.7 Å². The summed E-state index contributed by atoms with van der Waals surface area (Å²) in [5.41, 5.74) is 2.81. The summed E-state index contributed by atoms with van der Waals surface area (Å²) in [6.45, 7) is 1.15. The largest absolute Gasteiger partial charge is 0.338 e. The fourth-order valence-corrected chi connectivity index (χ4v) is 7.35. The number of anilines is 1. The van der Waals surface area contributed by atoms with Gasteiger partial charge in [-0.15, -0.1) is 23.5 Å². The van der Waals surface area contributed by atoms with Crippen LogP contribution in [0.1, 0.15) is 33.3 Å². The maximum Gasteiger partial charge on any atom is 0.254 e. The zero-order chi connectivity index (χ0) is 21.9. The molecular weight excluding hydrogens is 436 g/mol. The SMILES string of the molecule is O=C(Nc1cccc(C2SCCS2)c1)C1CCCN(C(=O)c2cccc3ccccc23)C1. The van der Waals surface area contributed by atoms with Gasteiger partial charge in [0.1, 0.15) is 0 Å². The fraction of sp³-hybridized carbons (Fsp3) is 0.308. The molecule has 0 saturated carbocycles. The number of nitrogens with zero attached hydrogens (tertiary/aromatic N) is 1. The van der Waals surface area contributed by atoms with Crippen molar-refractivity contribution in [3.05, 3.63) is 77.9 Å². The number of rotatable bonds is 4. The maximum absolute atomic E-state index is 13.3. The number of likely N-dealkylation sites (tertiary alicyclic amines) is 1. The number of carbonyl (C=O) groups is 2. The van der Waals surface area contributed by atoms with Gasteiger partial charge in [-0.25, -0.2) is 0 Å². The quantitative estimate of drug-likeness (QED) is 0.532. The van der Waals surface area contributed by atoms with E-state index < -0.39 is 0 Å². The minimum atomic E-state index is -0.193. The first-order chi connectivity index (χ1) is 15.7. The second kappa shape index (κ2) is 9.59. The van der Waals surface area contributed by atoms with Crippen LogP contribution in [-0.2, 0) is 4.79 Å². The van der Waals surface area contributed by atoms with Crippen molar-refractivity contribution in [1.82, 2.24) is 4.90 Å². The van der Waals surface area contributed by atoms with E-state index in [1.807, 2.05) is 83.0 Å². The van der Waals surface area contributed by atoms with Crippen LogP contribution in [0.25, 0.3) is 10.8 Å². The van der Waals surface area contributed by atoms with E-state index in [1.165, 1.54) is 17.1 Å². The molecule has 32 heavy (non-hydrogen) atoms. The summed E-state index contributed by atoms with van der Waals surface area (Å²) in [7, 11) is 0. The van der Waals surface area contributed by atoms with Crippen molar-refractivity contribution in [2.75, 3.05) is 29.9 Å². The van der Waals surface area contributed by atoms with E-state index in [2.05, 4.69) is 17.4 Å². The number of nitrogens with one attached hydrogen (secondary N) is 1. The molecule has 1 atom stereocenters. The van der Waals surface area contributed by atoms with Crippen molar-refractivity contribution in [1.29, 1.82) is 0 Å². The molecule has 1 unspecified atom stereocenters. The molecule has 0 spiro atoms. The van der Waals surface area contributed by atoms with E-state index in [9.17, 15) is 9.59 Å². The number of amides is 2. The van der Waals surface area contributed by atoms with Crippen LogP contribution in [0.4, 0.5) is 5.69 Å². The predicted molar refractivity (Wildman–Crippen MR) is 135 cm³/mol. The fourth-order valence-electron chi connectivity index (χ4n) is 4.52. The van der Waals surface area contributed by atoms with E-state index in [0.717, 1.165) is 29.3 Å². The van der Waals surface area contributed by atoms with Crippen molar-refractivity contribution >= 4 is 51.8 Å². The highest BCUT2D eigenvalue weighted by Gasteiger charge is 2.29. The molecule has 3 aromatic carbocycles. The molecule has 0 radical (unpaired) electrons. The molecule has 3 aromatic rings. The predicted octanol–water partition coefficient (Wildman–Crippen LogP) is 5.81. The molecule has 4 nitrogen and oxygen atoms in total. The Morgan fingerprint density at radius 2 is 1.72 bits per heavy atom. The third kappa shape index (κ3) is 4.52. The summed E-state index contributed by atoms with van der Waals surface area (Å²) in [6, 6.07) is 22.0. The number of hydrogen-bond acceptors (Lipinski definition) is 4. The van der Waals surface area contributed by atoms with E-state index in [0.29, 0.717) is 23.2 Å². The number of carbonyl (C=O) groups excluding carboxylic acids is 2. The highest BCUT2D eigenvalue weighted by molar-refractivity contribution is 8.19. The molecule has 1 N–H and O–H groups in total. The van der Waals surface area contributed by atoms with Crippen molar-refractivity contribution in [3.8, 4) is 0 Å². The first-order valence-electron chi connectivity index (χ1n) is 11.1. The summed E-state index contributed by atoms with van der Waals surface area (Å²) >= 11 is 3.92. The molecule has 0 bridgehead atoms.